The molecule has 3 aromatic rings. The average Bonchev–Trinajstić information content (AvgIpc) is 2.89. The first kappa shape index (κ1) is 26.5. The van der Waals surface area contributed by atoms with Gasteiger partial charge in [-0.2, -0.15) is 5.26 Å². The third-order valence-corrected chi connectivity index (χ3v) is 6.52. The molecule has 0 unspecified atom stereocenters. The number of nitrogens with one attached hydrogen (secondary N) is 1. The Kier molecular flexibility index (Phi) is 10.4. The lowest BCUT2D eigenvalue weighted by Gasteiger charge is -2.19. The summed E-state index contributed by atoms with van der Waals surface area (Å²) in [4.78, 5) is 12.6. The smallest absolute Gasteiger partial charge is 0.330 e. The molecule has 0 atom stereocenters. The predicted molar refractivity (Wildman–Crippen MR) is 145 cm³/mol. The van der Waals surface area contributed by atoms with Crippen LogP contribution in [0.5, 0.6) is 11.5 Å². The van der Waals surface area contributed by atoms with E-state index in [1.54, 1.807) is 24.3 Å². The number of carbonyl (C=O) groups excluding carboxylic acids is 1. The van der Waals surface area contributed by atoms with E-state index in [1.165, 1.54) is 5.56 Å². The molecule has 0 aliphatic heterocycles. The summed E-state index contributed by atoms with van der Waals surface area (Å²) in [6.45, 7) is 5.44. The zero-order chi connectivity index (χ0) is 25.0. The van der Waals surface area contributed by atoms with E-state index in [9.17, 15) is 4.79 Å². The molecule has 7 heteroatoms. The van der Waals surface area contributed by atoms with Crippen LogP contribution in [0.25, 0.3) is 0 Å². The lowest BCUT2D eigenvalue weighted by molar-refractivity contribution is -0.132. The van der Waals surface area contributed by atoms with E-state index in [2.05, 4.69) is 47.8 Å². The lowest BCUT2D eigenvalue weighted by atomic mass is 10.0. The van der Waals surface area contributed by atoms with E-state index in [1.807, 2.05) is 36.4 Å². The Hall–Kier alpha value is -3.09. The Bertz CT molecular complexity index is 1160. The molecule has 0 aromatic heterocycles. The molecule has 0 saturated heterocycles. The van der Waals surface area contributed by atoms with Crippen molar-refractivity contribution >= 4 is 34.2 Å². The molecule has 1 N–H and O–H groups in total. The Labute approximate surface area is 220 Å². The highest BCUT2D eigenvalue weighted by molar-refractivity contribution is 14.1. The highest BCUT2D eigenvalue weighted by Crippen LogP contribution is 2.38. The zero-order valence-corrected chi connectivity index (χ0v) is 22.1. The van der Waals surface area contributed by atoms with Crippen LogP contribution in [0.3, 0.4) is 0 Å². The zero-order valence-electron chi connectivity index (χ0n) is 20.0. The van der Waals surface area contributed by atoms with Gasteiger partial charge in [0, 0.05) is 5.69 Å². The van der Waals surface area contributed by atoms with Gasteiger partial charge in [-0.05, 0) is 82.5 Å². The quantitative estimate of drug-likeness (QED) is 0.124. The van der Waals surface area contributed by atoms with E-state index in [0.717, 1.165) is 33.2 Å². The summed E-state index contributed by atoms with van der Waals surface area (Å²) in [7, 11) is 0. The van der Waals surface area contributed by atoms with Crippen LogP contribution in [-0.4, -0.2) is 25.7 Å². The molecule has 0 bridgehead atoms. The molecule has 0 spiro atoms. The minimum Gasteiger partial charge on any atom is -0.486 e. The van der Waals surface area contributed by atoms with E-state index in [4.69, 9.17) is 19.5 Å². The number of halogens is 1. The minimum absolute atomic E-state index is 0.0148. The highest BCUT2D eigenvalue weighted by atomic mass is 127. The number of ether oxygens (including phenoxy) is 3. The predicted octanol–water partition coefficient (Wildman–Crippen LogP) is 5.90. The standard InChI is InChI=1S/C28H29IN2O4/c1-3-22-16-25(35-26(32)18-31-23-12-10-20(17-30)11-13-23)28(27(29)24(22)4-2)34-15-14-33-19-21-8-6-5-7-9-21/h5-13,16,31H,3-4,14-15,18-19H2,1-2H3. The molecule has 3 aromatic carbocycles. The number of hydrogen-bond donors (Lipinski definition) is 1. The van der Waals surface area contributed by atoms with Crippen molar-refractivity contribution in [1.29, 1.82) is 5.26 Å². The van der Waals surface area contributed by atoms with E-state index < -0.39 is 5.97 Å². The number of esters is 1. The summed E-state index contributed by atoms with van der Waals surface area (Å²) in [5, 5.41) is 11.9. The normalized spacial score (nSPS) is 10.5. The number of hydrogen-bond acceptors (Lipinski definition) is 6. The van der Waals surface area contributed by atoms with Gasteiger partial charge in [-0.3, -0.25) is 0 Å². The van der Waals surface area contributed by atoms with Crippen LogP contribution < -0.4 is 14.8 Å². The lowest BCUT2D eigenvalue weighted by Crippen LogP contribution is -2.20. The van der Waals surface area contributed by atoms with Crippen molar-refractivity contribution in [1.82, 2.24) is 0 Å². The number of anilines is 1. The molecule has 182 valence electrons. The second-order valence-corrected chi connectivity index (χ2v) is 8.84. The number of aryl methyl sites for hydroxylation is 1. The number of rotatable bonds is 12. The van der Waals surface area contributed by atoms with Crippen LogP contribution in [0.1, 0.15) is 36.1 Å². The fourth-order valence-corrected chi connectivity index (χ4v) is 4.72. The van der Waals surface area contributed by atoms with Gasteiger partial charge in [0.2, 0.25) is 0 Å². The van der Waals surface area contributed by atoms with Gasteiger partial charge in [0.15, 0.2) is 11.5 Å². The van der Waals surface area contributed by atoms with Gasteiger partial charge in [0.05, 0.1) is 28.4 Å². The molecule has 0 radical (unpaired) electrons. The second kappa shape index (κ2) is 13.7. The Balaban J connectivity index is 1.65. The van der Waals surface area contributed by atoms with Gasteiger partial charge < -0.3 is 19.5 Å². The first-order valence-electron chi connectivity index (χ1n) is 11.6. The Morgan fingerprint density at radius 1 is 1.03 bits per heavy atom. The molecular formula is C28H29IN2O4. The fourth-order valence-electron chi connectivity index (χ4n) is 3.57. The maximum Gasteiger partial charge on any atom is 0.330 e. The van der Waals surface area contributed by atoms with Crippen LogP contribution in [0.2, 0.25) is 0 Å². The monoisotopic (exact) mass is 584 g/mol. The summed E-state index contributed by atoms with van der Waals surface area (Å²) in [5.41, 5.74) is 4.73. The van der Waals surface area contributed by atoms with Crippen LogP contribution in [0.4, 0.5) is 5.69 Å². The first-order valence-corrected chi connectivity index (χ1v) is 12.7. The van der Waals surface area contributed by atoms with Crippen molar-refractivity contribution in [3.8, 4) is 17.6 Å². The van der Waals surface area contributed by atoms with Crippen molar-refractivity contribution in [3.05, 3.63) is 86.5 Å². The number of nitriles is 1. The van der Waals surface area contributed by atoms with Crippen molar-refractivity contribution in [3.63, 3.8) is 0 Å². The van der Waals surface area contributed by atoms with Gasteiger partial charge in [-0.25, -0.2) is 4.79 Å². The molecular weight excluding hydrogens is 555 g/mol. The van der Waals surface area contributed by atoms with Gasteiger partial charge in [-0.15, -0.1) is 0 Å². The molecule has 0 amide bonds. The molecule has 0 heterocycles. The largest absolute Gasteiger partial charge is 0.486 e. The maximum atomic E-state index is 12.6. The van der Waals surface area contributed by atoms with E-state index in [-0.39, 0.29) is 6.54 Å². The molecule has 3 rings (SSSR count). The van der Waals surface area contributed by atoms with Gasteiger partial charge in [-0.1, -0.05) is 44.2 Å². The third kappa shape index (κ3) is 7.70. The van der Waals surface area contributed by atoms with E-state index in [0.29, 0.717) is 36.9 Å². The molecule has 0 fully saturated rings. The average molecular weight is 584 g/mol. The summed E-state index contributed by atoms with van der Waals surface area (Å²) >= 11 is 2.27. The topological polar surface area (TPSA) is 80.6 Å². The third-order valence-electron chi connectivity index (χ3n) is 5.38. The van der Waals surface area contributed by atoms with Crippen LogP contribution in [0, 0.1) is 14.9 Å². The van der Waals surface area contributed by atoms with Crippen molar-refractivity contribution in [2.75, 3.05) is 25.1 Å². The SMILES string of the molecule is CCc1cc(OC(=O)CNc2ccc(C#N)cc2)c(OCCOCc2ccccc2)c(I)c1CC. The number of carbonyl (C=O) groups is 1. The summed E-state index contributed by atoms with van der Waals surface area (Å²) in [5.74, 6) is 0.550. The number of benzene rings is 3. The van der Waals surface area contributed by atoms with Crippen molar-refractivity contribution in [2.24, 2.45) is 0 Å². The van der Waals surface area contributed by atoms with Gasteiger partial charge in [0.25, 0.3) is 0 Å². The second-order valence-electron chi connectivity index (χ2n) is 7.77. The summed E-state index contributed by atoms with van der Waals surface area (Å²) < 4.78 is 18.5. The van der Waals surface area contributed by atoms with Crippen molar-refractivity contribution in [2.45, 2.75) is 33.3 Å². The number of nitrogens with zero attached hydrogens (tertiary/aromatic N) is 1. The van der Waals surface area contributed by atoms with Crippen LogP contribution >= 0.6 is 22.6 Å². The molecule has 35 heavy (non-hydrogen) atoms. The fraction of sp³-hybridized carbons (Fsp3) is 0.286. The Morgan fingerprint density at radius 2 is 1.77 bits per heavy atom. The summed E-state index contributed by atoms with van der Waals surface area (Å²) in [6.07, 6.45) is 1.68. The van der Waals surface area contributed by atoms with Crippen LogP contribution in [-0.2, 0) is 29.0 Å². The first-order chi connectivity index (χ1) is 17.0. The van der Waals surface area contributed by atoms with Crippen LogP contribution in [0.15, 0.2) is 60.7 Å². The van der Waals surface area contributed by atoms with Gasteiger partial charge in [0.1, 0.15) is 13.2 Å². The minimum atomic E-state index is -0.429. The molecule has 0 saturated carbocycles. The highest BCUT2D eigenvalue weighted by Gasteiger charge is 2.19. The Morgan fingerprint density at radius 3 is 2.43 bits per heavy atom. The van der Waals surface area contributed by atoms with Gasteiger partial charge >= 0.3 is 5.97 Å². The summed E-state index contributed by atoms with van der Waals surface area (Å²) in [6, 6.07) is 20.8. The molecule has 0 aliphatic rings. The molecule has 0 aliphatic carbocycles. The van der Waals surface area contributed by atoms with E-state index >= 15 is 0 Å². The maximum absolute atomic E-state index is 12.6. The van der Waals surface area contributed by atoms with Crippen molar-refractivity contribution < 1.29 is 19.0 Å². The molecule has 6 nitrogen and oxygen atoms in total.